The van der Waals surface area contributed by atoms with Crippen molar-refractivity contribution in [2.24, 2.45) is 11.8 Å². The van der Waals surface area contributed by atoms with Crippen molar-refractivity contribution >= 4 is 11.7 Å². The van der Waals surface area contributed by atoms with E-state index in [4.69, 9.17) is 9.84 Å². The van der Waals surface area contributed by atoms with E-state index in [-0.39, 0.29) is 0 Å². The van der Waals surface area contributed by atoms with Crippen molar-refractivity contribution in [1.29, 1.82) is 0 Å². The third-order valence-electron chi connectivity index (χ3n) is 7.99. The molecule has 0 bridgehead atoms. The SMILES string of the molecule is CCCOC1CCC(C2CCC(N3CCN(c4ccc(C(=O)O)cc4)CC3)CC2)CC1. The number of hydrogen-bond acceptors (Lipinski definition) is 4. The van der Waals surface area contributed by atoms with Crippen LogP contribution < -0.4 is 4.90 Å². The van der Waals surface area contributed by atoms with Gasteiger partial charge in [0.2, 0.25) is 0 Å². The van der Waals surface area contributed by atoms with Crippen LogP contribution >= 0.6 is 0 Å². The smallest absolute Gasteiger partial charge is 0.335 e. The Hall–Kier alpha value is -1.59. The summed E-state index contributed by atoms with van der Waals surface area (Å²) in [6.45, 7) is 7.44. The van der Waals surface area contributed by atoms with Crippen LogP contribution in [0.2, 0.25) is 0 Å². The molecule has 0 spiro atoms. The van der Waals surface area contributed by atoms with Crippen LogP contribution in [0.25, 0.3) is 0 Å². The van der Waals surface area contributed by atoms with Crippen LogP contribution in [0, 0.1) is 11.8 Å². The van der Waals surface area contributed by atoms with Crippen molar-refractivity contribution in [2.75, 3.05) is 37.7 Å². The topological polar surface area (TPSA) is 53.0 Å². The van der Waals surface area contributed by atoms with E-state index in [9.17, 15) is 4.79 Å². The number of carboxylic acid groups (broad SMARTS) is 1. The van der Waals surface area contributed by atoms with Crippen molar-refractivity contribution in [3.63, 3.8) is 0 Å². The summed E-state index contributed by atoms with van der Waals surface area (Å²) in [6.07, 6.45) is 12.5. The van der Waals surface area contributed by atoms with Gasteiger partial charge in [0.05, 0.1) is 11.7 Å². The van der Waals surface area contributed by atoms with Gasteiger partial charge in [-0.15, -0.1) is 0 Å². The van der Waals surface area contributed by atoms with Crippen LogP contribution in [-0.2, 0) is 4.74 Å². The first-order valence-electron chi connectivity index (χ1n) is 12.6. The fourth-order valence-corrected chi connectivity index (χ4v) is 6.11. The van der Waals surface area contributed by atoms with Gasteiger partial charge in [0.15, 0.2) is 0 Å². The summed E-state index contributed by atoms with van der Waals surface area (Å²) in [5.74, 6) is 1.02. The van der Waals surface area contributed by atoms with Crippen LogP contribution in [0.1, 0.15) is 75.1 Å². The monoisotopic (exact) mass is 428 g/mol. The second-order valence-corrected chi connectivity index (χ2v) is 9.85. The second kappa shape index (κ2) is 10.8. The van der Waals surface area contributed by atoms with Crippen molar-refractivity contribution in [3.8, 4) is 0 Å². The minimum atomic E-state index is -0.857. The van der Waals surface area contributed by atoms with E-state index in [0.29, 0.717) is 11.7 Å². The molecular formula is C26H40N2O3. The zero-order valence-corrected chi connectivity index (χ0v) is 19.2. The number of carbonyl (C=O) groups is 1. The molecule has 2 aliphatic carbocycles. The maximum atomic E-state index is 11.1. The number of rotatable bonds is 7. The van der Waals surface area contributed by atoms with Gasteiger partial charge in [0.1, 0.15) is 0 Å². The molecule has 0 amide bonds. The number of nitrogens with zero attached hydrogens (tertiary/aromatic N) is 2. The molecule has 3 fully saturated rings. The number of carboxylic acids is 1. The van der Waals surface area contributed by atoms with Gasteiger partial charge < -0.3 is 14.7 Å². The molecule has 0 unspecified atom stereocenters. The summed E-state index contributed by atoms with van der Waals surface area (Å²) >= 11 is 0. The van der Waals surface area contributed by atoms with E-state index in [1.807, 2.05) is 12.1 Å². The molecule has 1 aromatic rings. The maximum Gasteiger partial charge on any atom is 0.335 e. The molecule has 172 valence electrons. The second-order valence-electron chi connectivity index (χ2n) is 9.85. The molecule has 5 nitrogen and oxygen atoms in total. The summed E-state index contributed by atoms with van der Waals surface area (Å²) < 4.78 is 5.98. The van der Waals surface area contributed by atoms with Gasteiger partial charge in [-0.1, -0.05) is 6.92 Å². The van der Waals surface area contributed by atoms with Gasteiger partial charge in [0, 0.05) is 44.5 Å². The average molecular weight is 429 g/mol. The normalized spacial score (nSPS) is 30.3. The lowest BCUT2D eigenvalue weighted by Crippen LogP contribution is -2.51. The minimum absolute atomic E-state index is 0.362. The fraction of sp³-hybridized carbons (Fsp3) is 0.731. The standard InChI is InChI=1S/C26H40N2O3/c1-2-19-31-25-13-7-21(8-14-25)20-3-9-23(10-4-20)27-15-17-28(18-16-27)24-11-5-22(6-12-24)26(29)30/h5-6,11-12,20-21,23,25H,2-4,7-10,13-19H2,1H3,(H,29,30). The lowest BCUT2D eigenvalue weighted by atomic mass is 9.71. The minimum Gasteiger partial charge on any atom is -0.478 e. The van der Waals surface area contributed by atoms with E-state index in [1.54, 1.807) is 12.1 Å². The summed E-state index contributed by atoms with van der Waals surface area (Å²) in [5.41, 5.74) is 1.51. The third-order valence-corrected chi connectivity index (χ3v) is 7.99. The predicted octanol–water partition coefficient (Wildman–Crippen LogP) is 5.05. The maximum absolute atomic E-state index is 11.1. The quantitative estimate of drug-likeness (QED) is 0.658. The molecule has 2 saturated carbocycles. The lowest BCUT2D eigenvalue weighted by molar-refractivity contribution is 0.00558. The molecule has 3 aliphatic rings. The highest BCUT2D eigenvalue weighted by molar-refractivity contribution is 5.88. The zero-order valence-electron chi connectivity index (χ0n) is 19.2. The first-order valence-corrected chi connectivity index (χ1v) is 12.6. The Bertz CT molecular complexity index is 683. The predicted molar refractivity (Wildman–Crippen MR) is 125 cm³/mol. The molecule has 1 aromatic carbocycles. The van der Waals surface area contributed by atoms with Gasteiger partial charge in [0.25, 0.3) is 0 Å². The molecule has 0 radical (unpaired) electrons. The van der Waals surface area contributed by atoms with Crippen LogP contribution in [0.5, 0.6) is 0 Å². The van der Waals surface area contributed by atoms with Gasteiger partial charge in [-0.05, 0) is 93.9 Å². The van der Waals surface area contributed by atoms with Gasteiger partial charge in [-0.3, -0.25) is 4.90 Å². The Balaban J connectivity index is 1.18. The highest BCUT2D eigenvalue weighted by atomic mass is 16.5. The molecule has 5 heteroatoms. The van der Waals surface area contributed by atoms with E-state index in [1.165, 1.54) is 51.4 Å². The van der Waals surface area contributed by atoms with Crippen LogP contribution in [0.15, 0.2) is 24.3 Å². The number of piperazine rings is 1. The Morgan fingerprint density at radius 2 is 1.48 bits per heavy atom. The molecule has 1 saturated heterocycles. The molecule has 1 aliphatic heterocycles. The third kappa shape index (κ3) is 5.81. The Morgan fingerprint density at radius 3 is 2.03 bits per heavy atom. The highest BCUT2D eigenvalue weighted by Gasteiger charge is 2.33. The Labute approximate surface area is 187 Å². The molecule has 0 aromatic heterocycles. The van der Waals surface area contributed by atoms with E-state index < -0.39 is 5.97 Å². The number of aromatic carboxylic acids is 1. The van der Waals surface area contributed by atoms with Crippen molar-refractivity contribution in [3.05, 3.63) is 29.8 Å². The molecule has 1 N–H and O–H groups in total. The number of anilines is 1. The zero-order chi connectivity index (χ0) is 21.6. The average Bonchev–Trinajstić information content (AvgIpc) is 2.83. The number of ether oxygens (including phenoxy) is 1. The summed E-state index contributed by atoms with van der Waals surface area (Å²) in [6, 6.07) is 8.10. The highest BCUT2D eigenvalue weighted by Crippen LogP contribution is 2.40. The lowest BCUT2D eigenvalue weighted by Gasteiger charge is -2.44. The van der Waals surface area contributed by atoms with Gasteiger partial charge in [-0.25, -0.2) is 4.79 Å². The van der Waals surface area contributed by atoms with Crippen molar-refractivity contribution in [2.45, 2.75) is 76.9 Å². The first kappa shape index (κ1) is 22.6. The fourth-order valence-electron chi connectivity index (χ4n) is 6.11. The van der Waals surface area contributed by atoms with Gasteiger partial charge >= 0.3 is 5.97 Å². The van der Waals surface area contributed by atoms with Crippen LogP contribution in [0.4, 0.5) is 5.69 Å². The summed E-state index contributed by atoms with van der Waals surface area (Å²) in [5, 5.41) is 9.08. The summed E-state index contributed by atoms with van der Waals surface area (Å²) in [7, 11) is 0. The van der Waals surface area contributed by atoms with Crippen molar-refractivity contribution in [1.82, 2.24) is 4.90 Å². The van der Waals surface area contributed by atoms with E-state index in [2.05, 4.69) is 16.7 Å². The Kier molecular flexibility index (Phi) is 7.89. The van der Waals surface area contributed by atoms with Crippen molar-refractivity contribution < 1.29 is 14.6 Å². The van der Waals surface area contributed by atoms with Crippen LogP contribution in [0.3, 0.4) is 0 Å². The molecule has 0 atom stereocenters. The number of benzene rings is 1. The number of hydrogen-bond donors (Lipinski definition) is 1. The molecule has 4 rings (SSSR count). The molecular weight excluding hydrogens is 388 g/mol. The van der Waals surface area contributed by atoms with Crippen LogP contribution in [-0.4, -0.2) is 60.9 Å². The molecule has 31 heavy (non-hydrogen) atoms. The van der Waals surface area contributed by atoms with Gasteiger partial charge in [-0.2, -0.15) is 0 Å². The largest absolute Gasteiger partial charge is 0.478 e. The van der Waals surface area contributed by atoms with E-state index >= 15 is 0 Å². The first-order chi connectivity index (χ1) is 15.1. The Morgan fingerprint density at radius 1 is 0.903 bits per heavy atom. The molecule has 1 heterocycles. The summed E-state index contributed by atoms with van der Waals surface area (Å²) in [4.78, 5) is 16.2. The van der Waals surface area contributed by atoms with E-state index in [0.717, 1.165) is 62.8 Å².